The van der Waals surface area contributed by atoms with Crippen LogP contribution >= 0.6 is 0 Å². The maximum atomic E-state index is 12.1. The minimum atomic E-state index is -0.282. The Morgan fingerprint density at radius 2 is 2.17 bits per heavy atom. The molecule has 2 aromatic heterocycles. The highest BCUT2D eigenvalue weighted by molar-refractivity contribution is 5.69. The smallest absolute Gasteiger partial charge is 0.350 e. The summed E-state index contributed by atoms with van der Waals surface area (Å²) in [6.45, 7) is 2.86. The van der Waals surface area contributed by atoms with E-state index in [9.17, 15) is 9.59 Å². The van der Waals surface area contributed by atoms with Crippen molar-refractivity contribution in [2.24, 2.45) is 11.8 Å². The molecule has 1 aliphatic rings. The van der Waals surface area contributed by atoms with Crippen LogP contribution in [0.2, 0.25) is 0 Å². The average Bonchev–Trinajstić information content (AvgIpc) is 2.89. The molecule has 0 fully saturated rings. The molecule has 6 nitrogen and oxygen atoms in total. The number of nitrogens with zero attached hydrogens (tertiary/aromatic N) is 3. The van der Waals surface area contributed by atoms with Crippen molar-refractivity contribution in [1.82, 2.24) is 14.2 Å². The number of carbonyl (C=O) groups excluding carboxylic acids is 1. The summed E-state index contributed by atoms with van der Waals surface area (Å²) < 4.78 is 8.13. The Morgan fingerprint density at radius 3 is 2.96 bits per heavy atom. The summed E-state index contributed by atoms with van der Waals surface area (Å²) in [5.74, 6) is 0.645. The van der Waals surface area contributed by atoms with Gasteiger partial charge in [0.2, 0.25) is 0 Å². The fourth-order valence-electron chi connectivity index (χ4n) is 2.82. The van der Waals surface area contributed by atoms with Gasteiger partial charge in [-0.3, -0.25) is 9.20 Å². The van der Waals surface area contributed by atoms with Crippen LogP contribution in [0.25, 0.3) is 5.65 Å². The number of ether oxygens (including phenoxy) is 1. The van der Waals surface area contributed by atoms with Crippen molar-refractivity contribution in [3.8, 4) is 0 Å². The van der Waals surface area contributed by atoms with Gasteiger partial charge in [0.05, 0.1) is 19.6 Å². The summed E-state index contributed by atoms with van der Waals surface area (Å²) in [4.78, 5) is 24.0. The third-order valence-corrected chi connectivity index (χ3v) is 4.39. The number of esters is 1. The third-order valence-electron chi connectivity index (χ3n) is 4.39. The van der Waals surface area contributed by atoms with Gasteiger partial charge in [-0.05, 0) is 36.8 Å². The monoisotopic (exact) mass is 315 g/mol. The van der Waals surface area contributed by atoms with E-state index in [2.05, 4.69) is 24.2 Å². The first-order chi connectivity index (χ1) is 11.1. The van der Waals surface area contributed by atoms with Crippen molar-refractivity contribution < 1.29 is 9.53 Å². The number of allylic oxidation sites excluding steroid dienone is 2. The summed E-state index contributed by atoms with van der Waals surface area (Å²) in [5, 5.41) is 4.20. The maximum Gasteiger partial charge on any atom is 0.350 e. The van der Waals surface area contributed by atoms with Crippen LogP contribution in [-0.2, 0) is 16.1 Å². The largest absolute Gasteiger partial charge is 0.465 e. The van der Waals surface area contributed by atoms with Crippen LogP contribution < -0.4 is 5.69 Å². The maximum absolute atomic E-state index is 12.1. The van der Waals surface area contributed by atoms with Gasteiger partial charge in [0.25, 0.3) is 0 Å². The predicted octanol–water partition coefficient (Wildman–Crippen LogP) is 2.03. The van der Waals surface area contributed by atoms with Crippen LogP contribution in [0.15, 0.2) is 41.3 Å². The molecule has 3 rings (SSSR count). The van der Waals surface area contributed by atoms with Crippen molar-refractivity contribution >= 4 is 11.6 Å². The fraction of sp³-hybridized carbons (Fsp3) is 0.471. The molecule has 2 aromatic rings. The van der Waals surface area contributed by atoms with Crippen molar-refractivity contribution in [2.75, 3.05) is 6.61 Å². The highest BCUT2D eigenvalue weighted by atomic mass is 16.5. The van der Waals surface area contributed by atoms with Crippen LogP contribution in [0.1, 0.15) is 26.2 Å². The predicted molar refractivity (Wildman–Crippen MR) is 86.1 cm³/mol. The Kier molecular flexibility index (Phi) is 4.60. The number of aryl methyl sites for hydroxylation is 1. The zero-order chi connectivity index (χ0) is 16.2. The Bertz CT molecular complexity index is 775. The third kappa shape index (κ3) is 3.52. The number of hydrogen-bond acceptors (Lipinski definition) is 4. The highest BCUT2D eigenvalue weighted by Crippen LogP contribution is 2.25. The van der Waals surface area contributed by atoms with Crippen LogP contribution in [0, 0.1) is 11.8 Å². The molecule has 6 heteroatoms. The molecular formula is C17H21N3O3. The van der Waals surface area contributed by atoms with E-state index in [0.29, 0.717) is 24.1 Å². The Hall–Kier alpha value is -2.37. The summed E-state index contributed by atoms with van der Waals surface area (Å²) in [6, 6.07) is 5.35. The van der Waals surface area contributed by atoms with Crippen LogP contribution in [0.3, 0.4) is 0 Å². The SMILES string of the molecule is C[C@@H]1CC=CC[C@H]1COC(=O)CCn1nc2ccccn2c1=O. The number of rotatable bonds is 5. The van der Waals surface area contributed by atoms with Gasteiger partial charge >= 0.3 is 11.7 Å². The number of pyridine rings is 1. The van der Waals surface area contributed by atoms with E-state index < -0.39 is 0 Å². The molecule has 0 bridgehead atoms. The molecule has 2 atom stereocenters. The molecular weight excluding hydrogens is 294 g/mol. The van der Waals surface area contributed by atoms with E-state index in [-0.39, 0.29) is 24.6 Å². The van der Waals surface area contributed by atoms with E-state index in [4.69, 9.17) is 4.74 Å². The summed E-state index contributed by atoms with van der Waals surface area (Å²) >= 11 is 0. The number of fused-ring (bicyclic) bond motifs is 1. The molecule has 2 heterocycles. The van der Waals surface area contributed by atoms with Gasteiger partial charge in [-0.2, -0.15) is 0 Å². The minimum Gasteiger partial charge on any atom is -0.465 e. The van der Waals surface area contributed by atoms with Crippen LogP contribution in [0.4, 0.5) is 0 Å². The number of carbonyl (C=O) groups is 1. The summed E-state index contributed by atoms with van der Waals surface area (Å²) in [7, 11) is 0. The molecule has 0 aliphatic heterocycles. The minimum absolute atomic E-state index is 0.154. The van der Waals surface area contributed by atoms with Gasteiger partial charge in [-0.25, -0.2) is 9.48 Å². The highest BCUT2D eigenvalue weighted by Gasteiger charge is 2.20. The zero-order valence-electron chi connectivity index (χ0n) is 13.2. The lowest BCUT2D eigenvalue weighted by Crippen LogP contribution is -2.24. The van der Waals surface area contributed by atoms with E-state index in [1.54, 1.807) is 18.3 Å². The molecule has 0 amide bonds. The molecule has 0 N–H and O–H groups in total. The van der Waals surface area contributed by atoms with Crippen LogP contribution in [-0.4, -0.2) is 26.8 Å². The van der Waals surface area contributed by atoms with Crippen molar-refractivity contribution in [3.63, 3.8) is 0 Å². The van der Waals surface area contributed by atoms with Gasteiger partial charge in [-0.15, -0.1) is 5.10 Å². The lowest BCUT2D eigenvalue weighted by molar-refractivity contribution is -0.145. The second-order valence-corrected chi connectivity index (χ2v) is 6.05. The molecule has 0 unspecified atom stereocenters. The molecule has 0 radical (unpaired) electrons. The second-order valence-electron chi connectivity index (χ2n) is 6.05. The molecule has 0 saturated carbocycles. The van der Waals surface area contributed by atoms with Crippen molar-refractivity contribution in [2.45, 2.75) is 32.7 Å². The molecule has 0 aromatic carbocycles. The normalized spacial score (nSPS) is 20.7. The molecule has 122 valence electrons. The van der Waals surface area contributed by atoms with Gasteiger partial charge in [0.15, 0.2) is 5.65 Å². The molecule has 1 aliphatic carbocycles. The average molecular weight is 315 g/mol. The number of aromatic nitrogens is 3. The van der Waals surface area contributed by atoms with Crippen molar-refractivity contribution in [3.05, 3.63) is 47.0 Å². The second kappa shape index (κ2) is 6.81. The van der Waals surface area contributed by atoms with E-state index in [1.165, 1.54) is 9.08 Å². The van der Waals surface area contributed by atoms with Gasteiger partial charge in [-0.1, -0.05) is 25.1 Å². The standard InChI is InChI=1S/C17H21N3O3/c1-13-6-2-3-7-14(13)12-23-16(21)9-11-20-17(22)19-10-5-4-8-15(19)18-20/h2-5,8,10,13-14H,6-7,9,11-12H2,1H3/t13-,14+/m1/s1. The number of hydrogen-bond donors (Lipinski definition) is 0. The first-order valence-electron chi connectivity index (χ1n) is 8.00. The van der Waals surface area contributed by atoms with Gasteiger partial charge in [0, 0.05) is 6.20 Å². The lowest BCUT2D eigenvalue weighted by Gasteiger charge is -2.24. The Labute approximate surface area is 134 Å². The van der Waals surface area contributed by atoms with E-state index in [1.807, 2.05) is 6.07 Å². The Balaban J connectivity index is 1.53. The van der Waals surface area contributed by atoms with E-state index >= 15 is 0 Å². The van der Waals surface area contributed by atoms with E-state index in [0.717, 1.165) is 12.8 Å². The molecule has 0 saturated heterocycles. The fourth-order valence-corrected chi connectivity index (χ4v) is 2.82. The molecule has 23 heavy (non-hydrogen) atoms. The summed E-state index contributed by atoms with van der Waals surface area (Å²) in [5.41, 5.74) is 0.341. The van der Waals surface area contributed by atoms with Crippen molar-refractivity contribution in [1.29, 1.82) is 0 Å². The quantitative estimate of drug-likeness (QED) is 0.625. The topological polar surface area (TPSA) is 65.6 Å². The molecule has 0 spiro atoms. The van der Waals surface area contributed by atoms with Crippen LogP contribution in [0.5, 0.6) is 0 Å². The Morgan fingerprint density at radius 1 is 1.35 bits per heavy atom. The first kappa shape index (κ1) is 15.5. The summed E-state index contributed by atoms with van der Waals surface area (Å²) in [6.07, 6.45) is 8.14. The van der Waals surface area contributed by atoms with Gasteiger partial charge in [0.1, 0.15) is 0 Å². The zero-order valence-corrected chi connectivity index (χ0v) is 13.2. The van der Waals surface area contributed by atoms with Gasteiger partial charge < -0.3 is 4.74 Å². The first-order valence-corrected chi connectivity index (χ1v) is 8.00. The lowest BCUT2D eigenvalue weighted by atomic mass is 9.85.